The van der Waals surface area contributed by atoms with Crippen LogP contribution in [0.25, 0.3) is 44.1 Å². The summed E-state index contributed by atoms with van der Waals surface area (Å²) in [4.78, 5) is 43.9. The zero-order valence-corrected chi connectivity index (χ0v) is 74.9. The topological polar surface area (TPSA) is 126 Å². The second-order valence-corrected chi connectivity index (χ2v) is 39.9. The minimum Gasteiger partial charge on any atom is -0.435 e. The quantitative estimate of drug-likeness (QED) is 0.150. The van der Waals surface area contributed by atoms with Crippen LogP contribution >= 0.6 is 0 Å². The smallest absolute Gasteiger partial charge is 0.227 e. The molecule has 5 aromatic carbocycles. The third-order valence-electron chi connectivity index (χ3n) is 29.8. The van der Waals surface area contributed by atoms with Gasteiger partial charge in [0.2, 0.25) is 11.4 Å². The second-order valence-electron chi connectivity index (χ2n) is 39.9. The van der Waals surface area contributed by atoms with Crippen LogP contribution in [0.1, 0.15) is 243 Å². The van der Waals surface area contributed by atoms with Crippen LogP contribution in [0.2, 0.25) is 0 Å². The van der Waals surface area contributed by atoms with E-state index in [1.807, 2.05) is 63.5 Å². The predicted octanol–water partition coefficient (Wildman–Crippen LogP) is 25.7. The molecule has 117 heavy (non-hydrogen) atoms. The van der Waals surface area contributed by atoms with Gasteiger partial charge in [0.05, 0.1) is 14.1 Å². The monoisotopic (exact) mass is 1570 g/mol. The number of rotatable bonds is 7. The van der Waals surface area contributed by atoms with E-state index in [0.29, 0.717) is 57.4 Å². The van der Waals surface area contributed by atoms with Gasteiger partial charge in [-0.05, 0) is 327 Å². The molecule has 618 valence electrons. The first-order valence-corrected chi connectivity index (χ1v) is 44.1. The third kappa shape index (κ3) is 14.0. The first kappa shape index (κ1) is 78.9. The van der Waals surface area contributed by atoms with Crippen molar-refractivity contribution in [3.05, 3.63) is 185 Å². The average molecular weight is 1580 g/mol. The first-order chi connectivity index (χ1) is 56.2. The number of para-hydroxylation sites is 3. The molecule has 8 fully saturated rings. The Balaban J connectivity index is 0.000000112. The number of fused-ring (bicyclic) bond motifs is 8. The molecule has 3 saturated heterocycles. The van der Waals surface area contributed by atoms with Gasteiger partial charge in [0.15, 0.2) is 34.4 Å². The predicted molar refractivity (Wildman–Crippen MR) is 489 cm³/mol. The minimum atomic E-state index is -0.854. The standard InChI is InChI=1S/C23H33N.2C22H23N5O.C19H29N.C16H25N/c1-15-7-5-6-8-21(15)24-16(2)23(14-22(24,3)4)19-10-17-9-18(12-19)13-20(23)11-17;2*1-12(2)26-15(5)27(21-20(26)23-10-11-24-21)18-13(3)6-8-16-17-9-7-14(4)25-22(17)28-19(16)18;1-15-10-6-7-11-17(15)20-16(2)19(14-18(20,3)4)12-8-5-9-13-19;1-12-9-7-8-10-14(12)17-13(2)15(3,4)11-16(17,5)6/h5-8,16-20H,9-14H2,1-4H3;2*6-12,15H,1-5H3;6-7,10-11,16H,5,8-9,12-14H2,1-4H3;7-10,13H,11H2,1-6H3/t16-,17?,18?,19?,20?,23?;2*15-;16-;13-/m00000/s1/i;2*12D;;. The molecule has 0 amide bonds. The summed E-state index contributed by atoms with van der Waals surface area (Å²) in [6, 6.07) is 43.4. The minimum absolute atomic E-state index is 0.146. The van der Waals surface area contributed by atoms with E-state index < -0.39 is 12.0 Å². The van der Waals surface area contributed by atoms with Crippen LogP contribution in [0.4, 0.5) is 51.7 Å². The van der Waals surface area contributed by atoms with Crippen molar-refractivity contribution >= 4 is 95.8 Å². The number of hydrogen-bond acceptors (Lipinski definition) is 15. The Kier molecular flexibility index (Phi) is 20.6. The molecule has 5 atom stereocenters. The third-order valence-corrected chi connectivity index (χ3v) is 29.8. The van der Waals surface area contributed by atoms with Crippen LogP contribution in [0, 0.1) is 88.4 Å². The fraction of sp³-hybridized carbons (Fsp3) is 0.529. The van der Waals surface area contributed by atoms with E-state index in [0.717, 1.165) is 102 Å². The van der Waals surface area contributed by atoms with Crippen molar-refractivity contribution in [2.75, 3.05) is 34.3 Å². The fourth-order valence-corrected chi connectivity index (χ4v) is 25.3. The number of hydrogen-bond donors (Lipinski definition) is 0. The van der Waals surface area contributed by atoms with Crippen LogP contribution in [0.3, 0.4) is 0 Å². The van der Waals surface area contributed by atoms with Gasteiger partial charge in [-0.2, -0.15) is 0 Å². The highest BCUT2D eigenvalue weighted by Crippen LogP contribution is 2.70. The highest BCUT2D eigenvalue weighted by atomic mass is 16.3. The van der Waals surface area contributed by atoms with E-state index in [2.05, 4.69) is 288 Å². The largest absolute Gasteiger partial charge is 0.435 e. The molecule has 11 heterocycles. The van der Waals surface area contributed by atoms with Crippen LogP contribution in [0.15, 0.2) is 155 Å². The molecule has 0 unspecified atom stereocenters. The van der Waals surface area contributed by atoms with Gasteiger partial charge >= 0.3 is 0 Å². The van der Waals surface area contributed by atoms with E-state index in [9.17, 15) is 0 Å². The summed E-state index contributed by atoms with van der Waals surface area (Å²) in [6.45, 7) is 53.3. The lowest BCUT2D eigenvalue weighted by atomic mass is 9.43. The van der Waals surface area contributed by atoms with Crippen LogP contribution in [-0.2, 0) is 0 Å². The molecule has 15 heteroatoms. The van der Waals surface area contributed by atoms with Gasteiger partial charge in [0.25, 0.3) is 0 Å². The van der Waals surface area contributed by atoms with Crippen molar-refractivity contribution in [2.24, 2.45) is 39.9 Å². The number of benzene rings is 5. The second kappa shape index (κ2) is 30.5. The number of pyridine rings is 2. The summed E-state index contributed by atoms with van der Waals surface area (Å²) in [6.07, 6.45) is 25.3. The number of anilines is 9. The maximum absolute atomic E-state index is 8.67. The van der Waals surface area contributed by atoms with Gasteiger partial charge < -0.3 is 33.3 Å². The van der Waals surface area contributed by atoms with Gasteiger partial charge in [-0.15, -0.1) is 0 Å². The summed E-state index contributed by atoms with van der Waals surface area (Å²) in [5.74, 6) is 7.03. The van der Waals surface area contributed by atoms with E-state index in [-0.39, 0.29) is 28.9 Å². The summed E-state index contributed by atoms with van der Waals surface area (Å²) in [5.41, 5.74) is 19.6. The van der Waals surface area contributed by atoms with Gasteiger partial charge in [-0.25, -0.2) is 29.9 Å². The van der Waals surface area contributed by atoms with Crippen molar-refractivity contribution in [3.63, 3.8) is 0 Å². The van der Waals surface area contributed by atoms with Crippen molar-refractivity contribution in [3.8, 4) is 0 Å². The van der Waals surface area contributed by atoms with E-state index >= 15 is 0 Å². The van der Waals surface area contributed by atoms with Crippen molar-refractivity contribution in [2.45, 2.75) is 309 Å². The Hall–Kier alpha value is -9.24. The van der Waals surface area contributed by atoms with E-state index in [1.54, 1.807) is 31.2 Å². The molecule has 2 spiro atoms. The van der Waals surface area contributed by atoms with E-state index in [1.165, 1.54) is 111 Å². The van der Waals surface area contributed by atoms with Crippen molar-refractivity contribution in [1.29, 1.82) is 0 Å². The highest BCUT2D eigenvalue weighted by Gasteiger charge is 2.66. The number of aryl methyl sites for hydroxylation is 7. The van der Waals surface area contributed by atoms with Gasteiger partial charge in [-0.3, -0.25) is 9.80 Å². The Bertz CT molecular complexity index is 5380. The fourth-order valence-electron chi connectivity index (χ4n) is 25.3. The molecule has 5 saturated carbocycles. The van der Waals surface area contributed by atoms with Crippen molar-refractivity contribution in [1.82, 2.24) is 29.9 Å². The zero-order chi connectivity index (χ0) is 84.9. The van der Waals surface area contributed by atoms with Gasteiger partial charge in [0, 0.05) is 122 Å². The zero-order valence-electron chi connectivity index (χ0n) is 76.9. The van der Waals surface area contributed by atoms with Gasteiger partial charge in [-0.1, -0.05) is 112 Å². The number of aromatic nitrogens is 6. The molecule has 15 nitrogen and oxygen atoms in total. The molecule has 6 aromatic heterocycles. The number of nitrogens with zero attached hydrogens (tertiary/aromatic N) is 13. The lowest BCUT2D eigenvalue weighted by molar-refractivity contribution is -0.113. The van der Waals surface area contributed by atoms with Crippen molar-refractivity contribution < 1.29 is 11.6 Å². The molecule has 21 rings (SSSR count). The Morgan fingerprint density at radius 1 is 0.393 bits per heavy atom. The average Bonchev–Trinajstić information content (AvgIpc) is 1.54. The maximum atomic E-state index is 8.67. The van der Waals surface area contributed by atoms with Crippen LogP contribution in [-0.4, -0.2) is 89.0 Å². The molecule has 10 aliphatic rings. The Morgan fingerprint density at radius 2 is 0.761 bits per heavy atom. The normalized spacial score (nSPS) is 26.3. The lowest BCUT2D eigenvalue weighted by Crippen LogP contribution is -2.57. The molecule has 5 aliphatic carbocycles. The molecular formula is C102H133N13O2. The Labute approximate surface area is 701 Å². The SMILES string of the molecule is Cc1ccccc1N1[C@@H](C)C(C)(C)CC1(C)C.Cc1ccccc1N1[C@@H](C)C2(CC1(C)C)C1CC3CC(C1)CC2C3.Cc1ccccc1N1[C@@H](C)C2(CCCCC2)CC1(C)C.[2H]C(C)(C)N1c2nccnc2N(c2c(C)ccc3c2oc2nc(C)ccc23)[C@H]1C.[2H]C(C)(C)N1c2nccnc2N(c2c(C)ccc3c2oc2nc(C)ccc23)[C@H]1C. The number of furan rings is 2. The lowest BCUT2D eigenvalue weighted by Gasteiger charge is -2.62. The Morgan fingerprint density at radius 3 is 1.15 bits per heavy atom. The molecule has 5 aliphatic heterocycles. The van der Waals surface area contributed by atoms with Crippen LogP contribution < -0.4 is 34.3 Å². The van der Waals surface area contributed by atoms with Crippen LogP contribution in [0.5, 0.6) is 0 Å². The molecular weight excluding hydrogens is 1440 g/mol. The van der Waals surface area contributed by atoms with Gasteiger partial charge in [0.1, 0.15) is 12.3 Å². The maximum Gasteiger partial charge on any atom is 0.227 e. The highest BCUT2D eigenvalue weighted by molar-refractivity contribution is 6.11. The summed E-state index contributed by atoms with van der Waals surface area (Å²) in [7, 11) is 0. The molecule has 11 aromatic rings. The molecule has 4 bridgehead atoms. The first-order valence-electron chi connectivity index (χ1n) is 45.1. The summed E-state index contributed by atoms with van der Waals surface area (Å²) in [5, 5.41) is 4.04. The molecule has 0 radical (unpaired) electrons. The van der Waals surface area contributed by atoms with E-state index in [4.69, 9.17) is 11.6 Å². The molecule has 0 N–H and O–H groups in total. The summed E-state index contributed by atoms with van der Waals surface area (Å²) < 4.78 is 29.9. The summed E-state index contributed by atoms with van der Waals surface area (Å²) >= 11 is 0.